The van der Waals surface area contributed by atoms with Gasteiger partial charge in [-0.1, -0.05) is 25.5 Å². The number of nitrogens with one attached hydrogen (secondary N) is 3. The van der Waals surface area contributed by atoms with Crippen LogP contribution in [0.3, 0.4) is 0 Å². The SMILES string of the molecule is CCCC1(NC(=O)c2cn3ncnc(N)c3c2-c2ccc(NC(=O)Nc3cc(C(F)(F)F)ccc3F)cc2)CC1. The molecule has 5 N–H and O–H groups in total. The lowest BCUT2D eigenvalue weighted by molar-refractivity contribution is -0.137. The van der Waals surface area contributed by atoms with Gasteiger partial charge in [0.25, 0.3) is 5.91 Å². The van der Waals surface area contributed by atoms with Crippen LogP contribution < -0.4 is 21.7 Å². The summed E-state index contributed by atoms with van der Waals surface area (Å²) in [6.07, 6.45) is 1.80. The molecule has 2 aromatic heterocycles. The molecule has 0 spiro atoms. The third-order valence-electron chi connectivity index (χ3n) is 6.78. The standard InChI is InChI=1S/C27H25F4N7O2/c1-2-9-26(10-11-26)37-24(39)18-13-38-22(23(32)33-14-34-38)21(18)15-3-6-17(7-4-15)35-25(40)36-20-12-16(27(29,30)31)5-8-19(20)28/h3-8,12-14H,2,9-11H2,1H3,(H,37,39)(H2,32,33,34)(H2,35,36,40). The first-order chi connectivity index (χ1) is 19.0. The van der Waals surface area contributed by atoms with Crippen LogP contribution in [0.25, 0.3) is 16.6 Å². The minimum absolute atomic E-state index is 0.170. The summed E-state index contributed by atoms with van der Waals surface area (Å²) >= 11 is 0. The first-order valence-corrected chi connectivity index (χ1v) is 12.5. The summed E-state index contributed by atoms with van der Waals surface area (Å²) in [5.41, 5.74) is 6.37. The van der Waals surface area contributed by atoms with Crippen LogP contribution in [0.5, 0.6) is 0 Å². The van der Waals surface area contributed by atoms with Gasteiger partial charge in [0.2, 0.25) is 0 Å². The molecule has 0 radical (unpaired) electrons. The Balaban J connectivity index is 1.39. The van der Waals surface area contributed by atoms with Crippen molar-refractivity contribution in [1.82, 2.24) is 19.9 Å². The second-order valence-electron chi connectivity index (χ2n) is 9.69. The van der Waals surface area contributed by atoms with Crippen molar-refractivity contribution < 1.29 is 27.2 Å². The molecule has 1 saturated carbocycles. The molecule has 1 fully saturated rings. The van der Waals surface area contributed by atoms with Gasteiger partial charge in [-0.2, -0.15) is 18.3 Å². The zero-order valence-corrected chi connectivity index (χ0v) is 21.3. The number of nitrogen functional groups attached to an aromatic ring is 1. The van der Waals surface area contributed by atoms with Gasteiger partial charge < -0.3 is 21.7 Å². The van der Waals surface area contributed by atoms with Crippen molar-refractivity contribution in [2.75, 3.05) is 16.4 Å². The zero-order valence-electron chi connectivity index (χ0n) is 21.3. The molecule has 2 heterocycles. The van der Waals surface area contributed by atoms with E-state index in [4.69, 9.17) is 5.73 Å². The molecule has 208 valence electrons. The van der Waals surface area contributed by atoms with Crippen molar-refractivity contribution >= 4 is 34.6 Å². The molecule has 0 unspecified atom stereocenters. The molecular formula is C27H25F4N7O2. The van der Waals surface area contributed by atoms with Gasteiger partial charge in [-0.05, 0) is 55.2 Å². The van der Waals surface area contributed by atoms with E-state index < -0.39 is 29.3 Å². The molecule has 5 rings (SSSR count). The van der Waals surface area contributed by atoms with E-state index in [1.54, 1.807) is 18.3 Å². The molecule has 1 aliphatic rings. The fourth-order valence-electron chi connectivity index (χ4n) is 4.68. The summed E-state index contributed by atoms with van der Waals surface area (Å²) in [7, 11) is 0. The minimum Gasteiger partial charge on any atom is -0.382 e. The lowest BCUT2D eigenvalue weighted by atomic mass is 10.0. The maximum absolute atomic E-state index is 14.0. The summed E-state index contributed by atoms with van der Waals surface area (Å²) in [5, 5.41) is 11.9. The van der Waals surface area contributed by atoms with Crippen LogP contribution in [0.4, 0.5) is 39.5 Å². The first kappa shape index (κ1) is 26.9. The average Bonchev–Trinajstić information content (AvgIpc) is 3.52. The summed E-state index contributed by atoms with van der Waals surface area (Å²) in [5.74, 6) is -1.12. The highest BCUT2D eigenvalue weighted by Crippen LogP contribution is 2.41. The number of rotatable bonds is 7. The number of hydrogen-bond donors (Lipinski definition) is 4. The van der Waals surface area contributed by atoms with Crippen molar-refractivity contribution in [3.05, 3.63) is 71.9 Å². The van der Waals surface area contributed by atoms with E-state index in [2.05, 4.69) is 33.0 Å². The number of halogens is 4. The first-order valence-electron chi connectivity index (χ1n) is 12.5. The molecule has 0 bridgehead atoms. The molecule has 1 aliphatic carbocycles. The number of hydrogen-bond acceptors (Lipinski definition) is 5. The van der Waals surface area contributed by atoms with E-state index in [1.807, 2.05) is 0 Å². The number of aromatic nitrogens is 3. The number of benzene rings is 2. The number of anilines is 3. The molecule has 9 nitrogen and oxygen atoms in total. The Bertz CT molecular complexity index is 1600. The van der Waals surface area contributed by atoms with E-state index in [9.17, 15) is 27.2 Å². The second-order valence-corrected chi connectivity index (χ2v) is 9.69. The molecule has 0 saturated heterocycles. The quantitative estimate of drug-likeness (QED) is 0.213. The molecule has 3 amide bonds. The van der Waals surface area contributed by atoms with Gasteiger partial charge >= 0.3 is 12.2 Å². The highest BCUT2D eigenvalue weighted by Gasteiger charge is 2.43. The molecule has 0 atom stereocenters. The summed E-state index contributed by atoms with van der Waals surface area (Å²) < 4.78 is 54.4. The summed E-state index contributed by atoms with van der Waals surface area (Å²) in [4.78, 5) is 29.8. The Kier molecular flexibility index (Phi) is 6.82. The largest absolute Gasteiger partial charge is 0.416 e. The Labute approximate surface area is 225 Å². The Morgan fingerprint density at radius 3 is 2.48 bits per heavy atom. The van der Waals surface area contributed by atoms with E-state index in [-0.39, 0.29) is 23.0 Å². The topological polar surface area (TPSA) is 126 Å². The molecular weight excluding hydrogens is 530 g/mol. The van der Waals surface area contributed by atoms with Crippen molar-refractivity contribution in [3.63, 3.8) is 0 Å². The van der Waals surface area contributed by atoms with E-state index in [0.717, 1.165) is 25.7 Å². The van der Waals surface area contributed by atoms with Crippen LogP contribution >= 0.6 is 0 Å². The Hall–Kier alpha value is -4.68. The number of fused-ring (bicyclic) bond motifs is 1. The van der Waals surface area contributed by atoms with Gasteiger partial charge in [0.15, 0.2) is 5.82 Å². The van der Waals surface area contributed by atoms with Gasteiger partial charge in [-0.3, -0.25) is 4.79 Å². The molecule has 2 aromatic carbocycles. The predicted molar refractivity (Wildman–Crippen MR) is 141 cm³/mol. The highest BCUT2D eigenvalue weighted by atomic mass is 19.4. The number of nitrogens with zero attached hydrogens (tertiary/aromatic N) is 3. The van der Waals surface area contributed by atoms with Gasteiger partial charge in [0.1, 0.15) is 17.7 Å². The number of urea groups is 1. The molecule has 40 heavy (non-hydrogen) atoms. The third kappa shape index (κ3) is 5.40. The smallest absolute Gasteiger partial charge is 0.382 e. The van der Waals surface area contributed by atoms with Crippen molar-refractivity contribution in [2.45, 2.75) is 44.3 Å². The maximum Gasteiger partial charge on any atom is 0.416 e. The van der Waals surface area contributed by atoms with Gasteiger partial charge in [-0.25, -0.2) is 18.7 Å². The summed E-state index contributed by atoms with van der Waals surface area (Å²) in [6.45, 7) is 2.06. The molecule has 13 heteroatoms. The fraction of sp³-hybridized carbons (Fsp3) is 0.259. The van der Waals surface area contributed by atoms with Gasteiger partial charge in [0.05, 0.1) is 16.8 Å². The highest BCUT2D eigenvalue weighted by molar-refractivity contribution is 6.07. The third-order valence-corrected chi connectivity index (χ3v) is 6.78. The number of amides is 3. The summed E-state index contributed by atoms with van der Waals surface area (Å²) in [6, 6.07) is 7.13. The number of carbonyl (C=O) groups is 2. The predicted octanol–water partition coefficient (Wildman–Crippen LogP) is 5.84. The van der Waals surface area contributed by atoms with Crippen molar-refractivity contribution in [2.24, 2.45) is 0 Å². The van der Waals surface area contributed by atoms with Crippen LogP contribution in [-0.4, -0.2) is 32.1 Å². The zero-order chi connectivity index (χ0) is 28.7. The van der Waals surface area contributed by atoms with Crippen LogP contribution in [0.1, 0.15) is 48.5 Å². The van der Waals surface area contributed by atoms with E-state index in [0.29, 0.717) is 40.4 Å². The van der Waals surface area contributed by atoms with Gasteiger partial charge in [-0.15, -0.1) is 0 Å². The second kappa shape index (κ2) is 10.1. The van der Waals surface area contributed by atoms with E-state index >= 15 is 0 Å². The normalized spacial score (nSPS) is 14.1. The van der Waals surface area contributed by atoms with Crippen LogP contribution in [0, 0.1) is 5.82 Å². The lowest BCUT2D eigenvalue weighted by Crippen LogP contribution is -2.36. The van der Waals surface area contributed by atoms with Gasteiger partial charge in [0, 0.05) is 23.0 Å². The average molecular weight is 556 g/mol. The van der Waals surface area contributed by atoms with E-state index in [1.165, 1.54) is 23.0 Å². The number of carbonyl (C=O) groups excluding carboxylic acids is 2. The van der Waals surface area contributed by atoms with Crippen molar-refractivity contribution in [3.8, 4) is 11.1 Å². The van der Waals surface area contributed by atoms with Crippen LogP contribution in [-0.2, 0) is 6.18 Å². The monoisotopic (exact) mass is 555 g/mol. The Morgan fingerprint density at radius 1 is 1.10 bits per heavy atom. The Morgan fingerprint density at radius 2 is 1.82 bits per heavy atom. The van der Waals surface area contributed by atoms with Crippen LogP contribution in [0.2, 0.25) is 0 Å². The number of nitrogens with two attached hydrogens (primary N) is 1. The minimum atomic E-state index is -4.70. The molecule has 0 aliphatic heterocycles. The lowest BCUT2D eigenvalue weighted by Gasteiger charge is -2.17. The van der Waals surface area contributed by atoms with Crippen molar-refractivity contribution in [1.29, 1.82) is 0 Å². The van der Waals surface area contributed by atoms with Crippen LogP contribution in [0.15, 0.2) is 55.0 Å². The maximum atomic E-state index is 14.0. The number of alkyl halides is 3. The molecule has 4 aromatic rings. The fourth-order valence-corrected chi connectivity index (χ4v) is 4.68.